The zero-order valence-corrected chi connectivity index (χ0v) is 10.2. The highest BCUT2D eigenvalue weighted by molar-refractivity contribution is 5.27. The first-order valence-electron chi connectivity index (χ1n) is 6.08. The number of hydrogen-bond donors (Lipinski definition) is 0. The molecule has 0 fully saturated rings. The number of ether oxygens (including phenoxy) is 1. The van der Waals surface area contributed by atoms with Crippen LogP contribution in [-0.4, -0.2) is 6.61 Å². The van der Waals surface area contributed by atoms with E-state index in [1.807, 2.05) is 18.2 Å². The van der Waals surface area contributed by atoms with Gasteiger partial charge in [0.2, 0.25) is 0 Å². The standard InChI is InChI=1S/C16H18O/c1-14-7-5-11-16(13-14)17-12-6-10-15-8-3-2-4-9-15/h2-5,7-9,11,13H,6,10,12H2,1H3. The summed E-state index contributed by atoms with van der Waals surface area (Å²) in [6.07, 6.45) is 2.13. The maximum absolute atomic E-state index is 5.71. The third-order valence-corrected chi connectivity index (χ3v) is 2.71. The summed E-state index contributed by atoms with van der Waals surface area (Å²) < 4.78 is 5.71. The molecule has 88 valence electrons. The predicted molar refractivity (Wildman–Crippen MR) is 71.4 cm³/mol. The molecule has 0 atom stereocenters. The van der Waals surface area contributed by atoms with Gasteiger partial charge >= 0.3 is 0 Å². The molecule has 0 amide bonds. The number of rotatable bonds is 5. The van der Waals surface area contributed by atoms with E-state index < -0.39 is 0 Å². The molecule has 0 unspecified atom stereocenters. The molecule has 0 aliphatic carbocycles. The molecule has 0 heterocycles. The van der Waals surface area contributed by atoms with Gasteiger partial charge in [0.25, 0.3) is 0 Å². The molecule has 0 bridgehead atoms. The Morgan fingerprint density at radius 2 is 1.76 bits per heavy atom. The minimum Gasteiger partial charge on any atom is -0.494 e. The fourth-order valence-corrected chi connectivity index (χ4v) is 1.82. The van der Waals surface area contributed by atoms with E-state index in [9.17, 15) is 0 Å². The Kier molecular flexibility index (Phi) is 4.20. The van der Waals surface area contributed by atoms with Gasteiger partial charge in [-0.3, -0.25) is 0 Å². The van der Waals surface area contributed by atoms with Gasteiger partial charge < -0.3 is 4.74 Å². The van der Waals surface area contributed by atoms with Crippen molar-refractivity contribution in [1.82, 2.24) is 0 Å². The summed E-state index contributed by atoms with van der Waals surface area (Å²) >= 11 is 0. The van der Waals surface area contributed by atoms with Crippen molar-refractivity contribution < 1.29 is 4.74 Å². The van der Waals surface area contributed by atoms with Gasteiger partial charge in [0.15, 0.2) is 0 Å². The van der Waals surface area contributed by atoms with E-state index >= 15 is 0 Å². The average Bonchev–Trinajstić information content (AvgIpc) is 2.36. The maximum atomic E-state index is 5.71. The van der Waals surface area contributed by atoms with Crippen molar-refractivity contribution in [2.45, 2.75) is 19.8 Å². The molecule has 0 saturated heterocycles. The first-order valence-corrected chi connectivity index (χ1v) is 6.08. The second-order valence-corrected chi connectivity index (χ2v) is 4.25. The molecule has 2 aromatic rings. The Hall–Kier alpha value is -1.76. The van der Waals surface area contributed by atoms with Gasteiger partial charge in [-0.25, -0.2) is 0 Å². The largest absolute Gasteiger partial charge is 0.494 e. The molecular formula is C16H18O. The normalized spacial score (nSPS) is 10.2. The lowest BCUT2D eigenvalue weighted by atomic mass is 10.1. The van der Waals surface area contributed by atoms with Gasteiger partial charge in [0, 0.05) is 0 Å². The van der Waals surface area contributed by atoms with Crippen molar-refractivity contribution in [3.05, 3.63) is 65.7 Å². The maximum Gasteiger partial charge on any atom is 0.119 e. The van der Waals surface area contributed by atoms with Crippen molar-refractivity contribution in [1.29, 1.82) is 0 Å². The Balaban J connectivity index is 1.73. The summed E-state index contributed by atoms with van der Waals surface area (Å²) in [5, 5.41) is 0. The monoisotopic (exact) mass is 226 g/mol. The lowest BCUT2D eigenvalue weighted by Gasteiger charge is -2.06. The molecule has 0 aliphatic heterocycles. The van der Waals surface area contributed by atoms with Gasteiger partial charge in [-0.05, 0) is 43.0 Å². The SMILES string of the molecule is Cc1cccc(OCCCc2ccccc2)c1. The van der Waals surface area contributed by atoms with Crippen LogP contribution in [0.15, 0.2) is 54.6 Å². The van der Waals surface area contributed by atoms with E-state index in [0.29, 0.717) is 0 Å². The molecule has 0 radical (unpaired) electrons. The number of aryl methyl sites for hydroxylation is 2. The number of hydrogen-bond acceptors (Lipinski definition) is 1. The van der Waals surface area contributed by atoms with Gasteiger partial charge in [-0.2, -0.15) is 0 Å². The molecule has 0 N–H and O–H groups in total. The van der Waals surface area contributed by atoms with E-state index in [1.165, 1.54) is 11.1 Å². The summed E-state index contributed by atoms with van der Waals surface area (Å²) in [6, 6.07) is 18.7. The van der Waals surface area contributed by atoms with Crippen LogP contribution in [0.5, 0.6) is 5.75 Å². The topological polar surface area (TPSA) is 9.23 Å². The minimum absolute atomic E-state index is 0.776. The third-order valence-electron chi connectivity index (χ3n) is 2.71. The van der Waals surface area contributed by atoms with Gasteiger partial charge in [-0.15, -0.1) is 0 Å². The minimum atomic E-state index is 0.776. The van der Waals surface area contributed by atoms with Crippen LogP contribution >= 0.6 is 0 Å². The molecule has 0 spiro atoms. The summed E-state index contributed by atoms with van der Waals surface area (Å²) in [5.74, 6) is 0.970. The fourth-order valence-electron chi connectivity index (χ4n) is 1.82. The smallest absolute Gasteiger partial charge is 0.119 e. The molecule has 0 saturated carbocycles. The van der Waals surface area contributed by atoms with Gasteiger partial charge in [0.1, 0.15) is 5.75 Å². The van der Waals surface area contributed by atoms with Gasteiger partial charge in [-0.1, -0.05) is 42.5 Å². The molecule has 0 aromatic heterocycles. The van der Waals surface area contributed by atoms with Crippen LogP contribution in [0, 0.1) is 6.92 Å². The van der Waals surface area contributed by atoms with E-state index in [4.69, 9.17) is 4.74 Å². The Bertz CT molecular complexity index is 448. The highest BCUT2D eigenvalue weighted by atomic mass is 16.5. The van der Waals surface area contributed by atoms with Crippen LogP contribution in [0.3, 0.4) is 0 Å². The molecule has 2 aromatic carbocycles. The highest BCUT2D eigenvalue weighted by Gasteiger charge is 1.95. The van der Waals surface area contributed by atoms with Crippen molar-refractivity contribution in [3.8, 4) is 5.75 Å². The van der Waals surface area contributed by atoms with Crippen LogP contribution in [0.1, 0.15) is 17.5 Å². The van der Waals surface area contributed by atoms with E-state index in [-0.39, 0.29) is 0 Å². The lowest BCUT2D eigenvalue weighted by molar-refractivity contribution is 0.311. The molecular weight excluding hydrogens is 208 g/mol. The first-order chi connectivity index (χ1) is 8.34. The second-order valence-electron chi connectivity index (χ2n) is 4.25. The molecule has 1 nitrogen and oxygen atoms in total. The van der Waals surface area contributed by atoms with Crippen molar-refractivity contribution in [2.24, 2.45) is 0 Å². The Morgan fingerprint density at radius 1 is 0.941 bits per heavy atom. The summed E-state index contributed by atoms with van der Waals surface area (Å²) in [5.41, 5.74) is 2.62. The van der Waals surface area contributed by atoms with Crippen molar-refractivity contribution in [3.63, 3.8) is 0 Å². The molecule has 0 aliphatic rings. The summed E-state index contributed by atoms with van der Waals surface area (Å²) in [7, 11) is 0. The highest BCUT2D eigenvalue weighted by Crippen LogP contribution is 2.13. The first kappa shape index (κ1) is 11.7. The quantitative estimate of drug-likeness (QED) is 0.700. The average molecular weight is 226 g/mol. The lowest BCUT2D eigenvalue weighted by Crippen LogP contribution is -1.99. The second kappa shape index (κ2) is 6.09. The summed E-state index contributed by atoms with van der Waals surface area (Å²) in [6.45, 7) is 2.86. The van der Waals surface area contributed by atoms with Crippen LogP contribution in [0.4, 0.5) is 0 Å². The molecule has 1 heteroatoms. The van der Waals surface area contributed by atoms with Crippen molar-refractivity contribution >= 4 is 0 Å². The van der Waals surface area contributed by atoms with Crippen LogP contribution in [0.2, 0.25) is 0 Å². The predicted octanol–water partition coefficient (Wildman–Crippen LogP) is 4.01. The number of benzene rings is 2. The zero-order valence-electron chi connectivity index (χ0n) is 10.2. The summed E-state index contributed by atoms with van der Waals surface area (Å²) in [4.78, 5) is 0. The van der Waals surface area contributed by atoms with E-state index in [1.54, 1.807) is 0 Å². The molecule has 17 heavy (non-hydrogen) atoms. The zero-order chi connectivity index (χ0) is 11.9. The van der Waals surface area contributed by atoms with Crippen molar-refractivity contribution in [2.75, 3.05) is 6.61 Å². The fraction of sp³-hybridized carbons (Fsp3) is 0.250. The Labute approximate surface area is 103 Å². The van der Waals surface area contributed by atoms with Gasteiger partial charge in [0.05, 0.1) is 6.61 Å². The van der Waals surface area contributed by atoms with Crippen LogP contribution in [0.25, 0.3) is 0 Å². The van der Waals surface area contributed by atoms with Crippen LogP contribution in [-0.2, 0) is 6.42 Å². The van der Waals surface area contributed by atoms with E-state index in [2.05, 4.69) is 43.3 Å². The van der Waals surface area contributed by atoms with E-state index in [0.717, 1.165) is 25.2 Å². The molecule has 2 rings (SSSR count). The Morgan fingerprint density at radius 3 is 2.53 bits per heavy atom. The third kappa shape index (κ3) is 3.95. The van der Waals surface area contributed by atoms with Crippen LogP contribution < -0.4 is 4.74 Å².